The van der Waals surface area contributed by atoms with Crippen molar-refractivity contribution >= 4 is 21.6 Å². The molecule has 0 aliphatic carbocycles. The molecule has 1 aromatic rings. The highest BCUT2D eigenvalue weighted by molar-refractivity contribution is 7.89. The minimum absolute atomic E-state index is 0.394. The molecule has 0 bridgehead atoms. The van der Waals surface area contributed by atoms with E-state index < -0.39 is 10.0 Å². The molecule has 1 aliphatic heterocycles. The van der Waals surface area contributed by atoms with Crippen LogP contribution in [0.3, 0.4) is 0 Å². The van der Waals surface area contributed by atoms with Crippen molar-refractivity contribution in [3.8, 4) is 0 Å². The van der Waals surface area contributed by atoms with Crippen molar-refractivity contribution in [2.75, 3.05) is 19.0 Å². The molecule has 20 heavy (non-hydrogen) atoms. The van der Waals surface area contributed by atoms with Gasteiger partial charge in [-0.25, -0.2) is 8.42 Å². The van der Waals surface area contributed by atoms with Crippen LogP contribution in [0.4, 0.5) is 0 Å². The van der Waals surface area contributed by atoms with Crippen LogP contribution in [0.2, 0.25) is 0 Å². The minimum Gasteiger partial charge on any atom is -0.207 e. The number of rotatable bonds is 5. The van der Waals surface area contributed by atoms with E-state index in [9.17, 15) is 8.42 Å². The molecule has 0 spiro atoms. The number of halogens is 1. The van der Waals surface area contributed by atoms with Gasteiger partial charge in [0.1, 0.15) is 0 Å². The van der Waals surface area contributed by atoms with Gasteiger partial charge in [0.15, 0.2) is 0 Å². The molecule has 3 nitrogen and oxygen atoms in total. The summed E-state index contributed by atoms with van der Waals surface area (Å²) in [6.07, 6.45) is 3.85. The summed E-state index contributed by atoms with van der Waals surface area (Å²) in [5.74, 6) is 1.23. The van der Waals surface area contributed by atoms with E-state index >= 15 is 0 Å². The van der Waals surface area contributed by atoms with Crippen LogP contribution < -0.4 is 0 Å². The van der Waals surface area contributed by atoms with Gasteiger partial charge < -0.3 is 0 Å². The maximum Gasteiger partial charge on any atom is 0.243 e. The van der Waals surface area contributed by atoms with Gasteiger partial charge in [0.05, 0.1) is 4.90 Å². The van der Waals surface area contributed by atoms with Crippen molar-refractivity contribution in [2.24, 2.45) is 5.92 Å². The zero-order valence-corrected chi connectivity index (χ0v) is 13.5. The van der Waals surface area contributed by atoms with E-state index in [1.165, 1.54) is 0 Å². The molecule has 0 radical (unpaired) electrons. The zero-order chi connectivity index (χ0) is 14.6. The topological polar surface area (TPSA) is 37.4 Å². The summed E-state index contributed by atoms with van der Waals surface area (Å²) in [7, 11) is -3.33. The first kappa shape index (κ1) is 15.8. The minimum atomic E-state index is -3.33. The molecular weight excluding hydrogens is 294 g/mol. The Morgan fingerprint density at radius 2 is 1.80 bits per heavy atom. The molecule has 1 saturated heterocycles. The molecule has 1 heterocycles. The predicted molar refractivity (Wildman–Crippen MR) is 82.6 cm³/mol. The molecule has 1 fully saturated rings. The lowest BCUT2D eigenvalue weighted by Gasteiger charge is -2.30. The smallest absolute Gasteiger partial charge is 0.207 e. The van der Waals surface area contributed by atoms with Gasteiger partial charge in [-0.3, -0.25) is 0 Å². The van der Waals surface area contributed by atoms with Crippen LogP contribution in [0.25, 0.3) is 0 Å². The normalized spacial score (nSPS) is 18.3. The monoisotopic (exact) mass is 315 g/mol. The number of aryl methyl sites for hydroxylation is 1. The van der Waals surface area contributed by atoms with Gasteiger partial charge >= 0.3 is 0 Å². The largest absolute Gasteiger partial charge is 0.243 e. The van der Waals surface area contributed by atoms with E-state index in [-0.39, 0.29) is 0 Å². The van der Waals surface area contributed by atoms with Gasteiger partial charge in [-0.05, 0) is 42.9 Å². The van der Waals surface area contributed by atoms with Crippen LogP contribution in [0.5, 0.6) is 0 Å². The number of hydrogen-bond acceptors (Lipinski definition) is 2. The Hall–Kier alpha value is -0.580. The number of nitrogens with zero attached hydrogens (tertiary/aromatic N) is 1. The fourth-order valence-corrected chi connectivity index (χ4v) is 4.33. The molecule has 0 amide bonds. The average Bonchev–Trinajstić information content (AvgIpc) is 2.48. The quantitative estimate of drug-likeness (QED) is 0.782. The summed E-state index contributed by atoms with van der Waals surface area (Å²) in [6, 6.07) is 7.11. The van der Waals surface area contributed by atoms with Crippen LogP contribution >= 0.6 is 11.6 Å². The first-order valence-electron chi connectivity index (χ1n) is 7.23. The highest BCUT2D eigenvalue weighted by Gasteiger charge is 2.28. The molecule has 1 aromatic carbocycles. The number of piperidine rings is 1. The molecule has 0 unspecified atom stereocenters. The van der Waals surface area contributed by atoms with Crippen LogP contribution in [-0.2, 0) is 16.4 Å². The Bertz CT molecular complexity index is 519. The molecule has 2 rings (SSSR count). The maximum atomic E-state index is 12.6. The third-order valence-corrected chi connectivity index (χ3v) is 6.20. The van der Waals surface area contributed by atoms with Crippen molar-refractivity contribution in [1.29, 1.82) is 0 Å². The summed E-state index contributed by atoms with van der Waals surface area (Å²) >= 11 is 5.69. The van der Waals surface area contributed by atoms with Gasteiger partial charge in [0, 0.05) is 19.0 Å². The second-order valence-electron chi connectivity index (χ2n) is 5.34. The molecule has 0 N–H and O–H groups in total. The maximum absolute atomic E-state index is 12.6. The van der Waals surface area contributed by atoms with Crippen molar-refractivity contribution < 1.29 is 8.42 Å². The fourth-order valence-electron chi connectivity index (χ4n) is 2.64. The standard InChI is InChI=1S/C15H22ClNO2S/c1-2-13-8-11-17(12-9-13)20(18,19)15-5-3-14(4-6-15)7-10-16/h3-6,13H,2,7-12H2,1H3. The highest BCUT2D eigenvalue weighted by Crippen LogP contribution is 2.25. The van der Waals surface area contributed by atoms with Gasteiger partial charge in [-0.2, -0.15) is 4.31 Å². The van der Waals surface area contributed by atoms with E-state index in [4.69, 9.17) is 11.6 Å². The van der Waals surface area contributed by atoms with E-state index in [1.54, 1.807) is 16.4 Å². The molecular formula is C15H22ClNO2S. The summed E-state index contributed by atoms with van der Waals surface area (Å²) in [5, 5.41) is 0. The molecule has 0 atom stereocenters. The van der Waals surface area contributed by atoms with Gasteiger partial charge in [-0.1, -0.05) is 25.5 Å². The second-order valence-corrected chi connectivity index (χ2v) is 7.65. The zero-order valence-electron chi connectivity index (χ0n) is 11.9. The summed E-state index contributed by atoms with van der Waals surface area (Å²) in [6.45, 7) is 3.46. The van der Waals surface area contributed by atoms with E-state index in [2.05, 4.69) is 6.92 Å². The molecule has 0 saturated carbocycles. The number of sulfonamides is 1. The van der Waals surface area contributed by atoms with Gasteiger partial charge in [0.2, 0.25) is 10.0 Å². The number of benzene rings is 1. The average molecular weight is 316 g/mol. The molecule has 5 heteroatoms. The van der Waals surface area contributed by atoms with E-state index in [1.807, 2.05) is 12.1 Å². The summed E-state index contributed by atoms with van der Waals surface area (Å²) in [5.41, 5.74) is 1.07. The van der Waals surface area contributed by atoms with Crippen LogP contribution in [0, 0.1) is 5.92 Å². The Kier molecular flexibility index (Phi) is 5.47. The third kappa shape index (κ3) is 3.54. The van der Waals surface area contributed by atoms with Crippen LogP contribution in [0.1, 0.15) is 31.7 Å². The van der Waals surface area contributed by atoms with Crippen molar-refractivity contribution in [3.63, 3.8) is 0 Å². The second kappa shape index (κ2) is 6.92. The van der Waals surface area contributed by atoms with E-state index in [0.29, 0.717) is 29.8 Å². The molecule has 0 aromatic heterocycles. The number of hydrogen-bond donors (Lipinski definition) is 0. The lowest BCUT2D eigenvalue weighted by Crippen LogP contribution is -2.38. The highest BCUT2D eigenvalue weighted by atomic mass is 35.5. The Morgan fingerprint density at radius 1 is 1.20 bits per heavy atom. The lowest BCUT2D eigenvalue weighted by molar-refractivity contribution is 0.269. The van der Waals surface area contributed by atoms with Crippen LogP contribution in [-0.4, -0.2) is 31.7 Å². The van der Waals surface area contributed by atoms with Crippen molar-refractivity contribution in [1.82, 2.24) is 4.31 Å². The Labute approximate surface area is 127 Å². The lowest BCUT2D eigenvalue weighted by atomic mass is 9.96. The van der Waals surface area contributed by atoms with Gasteiger partial charge in [0.25, 0.3) is 0 Å². The third-order valence-electron chi connectivity index (χ3n) is 4.10. The fraction of sp³-hybridized carbons (Fsp3) is 0.600. The predicted octanol–water partition coefficient (Wildman–Crippen LogP) is 3.28. The summed E-state index contributed by atoms with van der Waals surface area (Å²) < 4.78 is 26.7. The van der Waals surface area contributed by atoms with E-state index in [0.717, 1.165) is 31.2 Å². The van der Waals surface area contributed by atoms with Crippen LogP contribution in [0.15, 0.2) is 29.2 Å². The Balaban J connectivity index is 2.10. The van der Waals surface area contributed by atoms with Crippen molar-refractivity contribution in [3.05, 3.63) is 29.8 Å². The first-order valence-corrected chi connectivity index (χ1v) is 9.20. The number of alkyl halides is 1. The summed E-state index contributed by atoms with van der Waals surface area (Å²) in [4.78, 5) is 0.394. The Morgan fingerprint density at radius 3 is 2.30 bits per heavy atom. The van der Waals surface area contributed by atoms with Crippen molar-refractivity contribution in [2.45, 2.75) is 37.5 Å². The molecule has 1 aliphatic rings. The molecule has 112 valence electrons. The van der Waals surface area contributed by atoms with Gasteiger partial charge in [-0.15, -0.1) is 11.6 Å². The SMILES string of the molecule is CCC1CCN(S(=O)(=O)c2ccc(CCCl)cc2)CC1. The first-order chi connectivity index (χ1) is 9.57.